The van der Waals surface area contributed by atoms with Gasteiger partial charge < -0.3 is 15.6 Å². The molecule has 5 heteroatoms. The highest BCUT2D eigenvalue weighted by Crippen LogP contribution is 2.21. The molecule has 0 aliphatic heterocycles. The zero-order chi connectivity index (χ0) is 12.1. The molecule has 15 heavy (non-hydrogen) atoms. The van der Waals surface area contributed by atoms with Crippen molar-refractivity contribution in [1.82, 2.24) is 0 Å². The Morgan fingerprint density at radius 3 is 2.40 bits per heavy atom. The molecular weight excluding hydrogens is 198 g/mol. The minimum atomic E-state index is -1.24. The SMILES string of the molecule is CCCCOC(=O)C(C)(C)C(N)C(=O)O. The van der Waals surface area contributed by atoms with Crippen molar-refractivity contribution >= 4 is 11.9 Å². The molecule has 0 saturated carbocycles. The maximum absolute atomic E-state index is 11.5. The Bertz CT molecular complexity index is 238. The fraction of sp³-hybridized carbons (Fsp3) is 0.800. The van der Waals surface area contributed by atoms with Crippen molar-refractivity contribution in [1.29, 1.82) is 0 Å². The number of hydrogen-bond acceptors (Lipinski definition) is 4. The Morgan fingerprint density at radius 1 is 1.47 bits per heavy atom. The Balaban J connectivity index is 4.31. The summed E-state index contributed by atoms with van der Waals surface area (Å²) in [5.74, 6) is -1.77. The quantitative estimate of drug-likeness (QED) is 0.506. The summed E-state index contributed by atoms with van der Waals surface area (Å²) in [6, 6.07) is -1.24. The first-order valence-corrected chi connectivity index (χ1v) is 4.99. The van der Waals surface area contributed by atoms with Crippen LogP contribution in [0.25, 0.3) is 0 Å². The fourth-order valence-corrected chi connectivity index (χ4v) is 0.931. The van der Waals surface area contributed by atoms with E-state index in [1.165, 1.54) is 13.8 Å². The number of aliphatic carboxylic acids is 1. The van der Waals surface area contributed by atoms with Crippen molar-refractivity contribution in [2.45, 2.75) is 39.7 Å². The molecule has 0 fully saturated rings. The van der Waals surface area contributed by atoms with Gasteiger partial charge >= 0.3 is 11.9 Å². The van der Waals surface area contributed by atoms with Gasteiger partial charge in [0.25, 0.3) is 0 Å². The molecule has 0 heterocycles. The highest BCUT2D eigenvalue weighted by molar-refractivity contribution is 5.86. The van der Waals surface area contributed by atoms with Crippen LogP contribution in [0.4, 0.5) is 0 Å². The first kappa shape index (κ1) is 13.9. The summed E-state index contributed by atoms with van der Waals surface area (Å²) in [5, 5.41) is 8.71. The predicted octanol–water partition coefficient (Wildman–Crippen LogP) is 0.768. The van der Waals surface area contributed by atoms with Crippen LogP contribution in [0, 0.1) is 5.41 Å². The van der Waals surface area contributed by atoms with Crippen molar-refractivity contribution in [2.75, 3.05) is 6.61 Å². The van der Waals surface area contributed by atoms with Crippen LogP contribution in [-0.4, -0.2) is 29.7 Å². The summed E-state index contributed by atoms with van der Waals surface area (Å²) < 4.78 is 4.94. The number of hydrogen-bond donors (Lipinski definition) is 2. The zero-order valence-electron chi connectivity index (χ0n) is 9.45. The highest BCUT2D eigenvalue weighted by atomic mass is 16.5. The van der Waals surface area contributed by atoms with Gasteiger partial charge in [0.2, 0.25) is 0 Å². The molecule has 0 aromatic carbocycles. The molecule has 0 saturated heterocycles. The maximum atomic E-state index is 11.5. The summed E-state index contributed by atoms with van der Waals surface area (Å²) in [6.07, 6.45) is 1.68. The molecule has 0 aromatic rings. The standard InChI is InChI=1S/C10H19NO4/c1-4-5-6-15-9(14)10(2,3)7(11)8(12)13/h7H,4-6,11H2,1-3H3,(H,12,13). The molecule has 0 aliphatic rings. The second kappa shape index (κ2) is 5.70. The third kappa shape index (κ3) is 3.87. The Kier molecular flexibility index (Phi) is 5.28. The number of carboxylic acids is 1. The minimum absolute atomic E-state index is 0.311. The Labute approximate surface area is 89.6 Å². The van der Waals surface area contributed by atoms with Crippen molar-refractivity contribution in [3.8, 4) is 0 Å². The summed E-state index contributed by atoms with van der Waals surface area (Å²) in [4.78, 5) is 22.2. The van der Waals surface area contributed by atoms with E-state index in [0.717, 1.165) is 12.8 Å². The number of unbranched alkanes of at least 4 members (excludes halogenated alkanes) is 1. The van der Waals surface area contributed by atoms with Gasteiger partial charge in [-0.05, 0) is 20.3 Å². The molecule has 0 aromatic heterocycles. The Morgan fingerprint density at radius 2 is 2.00 bits per heavy atom. The molecule has 0 spiro atoms. The van der Waals surface area contributed by atoms with Crippen LogP contribution in [0.1, 0.15) is 33.6 Å². The lowest BCUT2D eigenvalue weighted by atomic mass is 9.85. The van der Waals surface area contributed by atoms with Gasteiger partial charge in [0.05, 0.1) is 12.0 Å². The average molecular weight is 217 g/mol. The van der Waals surface area contributed by atoms with E-state index < -0.39 is 23.4 Å². The second-order valence-electron chi connectivity index (χ2n) is 4.03. The van der Waals surface area contributed by atoms with E-state index in [9.17, 15) is 9.59 Å². The van der Waals surface area contributed by atoms with E-state index in [-0.39, 0.29) is 0 Å². The molecular formula is C10H19NO4. The van der Waals surface area contributed by atoms with Crippen LogP contribution >= 0.6 is 0 Å². The molecule has 5 nitrogen and oxygen atoms in total. The number of nitrogens with two attached hydrogens (primary N) is 1. The van der Waals surface area contributed by atoms with Crippen LogP contribution in [0.15, 0.2) is 0 Å². The Hall–Kier alpha value is -1.10. The number of rotatable bonds is 6. The van der Waals surface area contributed by atoms with E-state index in [2.05, 4.69) is 0 Å². The molecule has 1 atom stereocenters. The summed E-state index contributed by atoms with van der Waals surface area (Å²) >= 11 is 0. The normalized spacial score (nSPS) is 13.3. The van der Waals surface area contributed by atoms with Gasteiger partial charge in [-0.3, -0.25) is 9.59 Å². The van der Waals surface area contributed by atoms with Crippen LogP contribution in [0.2, 0.25) is 0 Å². The molecule has 0 radical (unpaired) electrons. The zero-order valence-corrected chi connectivity index (χ0v) is 9.45. The summed E-state index contributed by atoms with van der Waals surface area (Å²) in [7, 11) is 0. The van der Waals surface area contributed by atoms with Gasteiger partial charge in [-0.2, -0.15) is 0 Å². The predicted molar refractivity (Wildman–Crippen MR) is 55.3 cm³/mol. The van der Waals surface area contributed by atoms with Crippen LogP contribution in [-0.2, 0) is 14.3 Å². The second-order valence-corrected chi connectivity index (χ2v) is 4.03. The molecule has 0 bridgehead atoms. The van der Waals surface area contributed by atoms with Crippen molar-refractivity contribution in [3.05, 3.63) is 0 Å². The number of ether oxygens (including phenoxy) is 1. The number of esters is 1. The number of carbonyl (C=O) groups excluding carboxylic acids is 1. The van der Waals surface area contributed by atoms with Gasteiger partial charge in [0.15, 0.2) is 0 Å². The molecule has 0 rings (SSSR count). The van der Waals surface area contributed by atoms with Crippen LogP contribution < -0.4 is 5.73 Å². The van der Waals surface area contributed by atoms with Gasteiger partial charge in [0, 0.05) is 0 Å². The third-order valence-corrected chi connectivity index (χ3v) is 2.30. The smallest absolute Gasteiger partial charge is 0.321 e. The lowest BCUT2D eigenvalue weighted by molar-refractivity contribution is -0.160. The fourth-order valence-electron chi connectivity index (χ4n) is 0.931. The largest absolute Gasteiger partial charge is 0.480 e. The number of carbonyl (C=O) groups is 2. The lowest BCUT2D eigenvalue weighted by Crippen LogP contribution is -2.49. The third-order valence-electron chi connectivity index (χ3n) is 2.30. The summed E-state index contributed by atoms with van der Waals surface area (Å²) in [5.41, 5.74) is 4.20. The highest BCUT2D eigenvalue weighted by Gasteiger charge is 2.40. The van der Waals surface area contributed by atoms with Crippen molar-refractivity contribution < 1.29 is 19.4 Å². The number of carboxylic acid groups (broad SMARTS) is 1. The van der Waals surface area contributed by atoms with Crippen LogP contribution in [0.5, 0.6) is 0 Å². The van der Waals surface area contributed by atoms with Crippen molar-refractivity contribution in [2.24, 2.45) is 11.1 Å². The first-order valence-electron chi connectivity index (χ1n) is 4.99. The van der Waals surface area contributed by atoms with Gasteiger partial charge in [-0.15, -0.1) is 0 Å². The van der Waals surface area contributed by atoms with Gasteiger partial charge in [-0.1, -0.05) is 13.3 Å². The van der Waals surface area contributed by atoms with E-state index in [1.807, 2.05) is 6.92 Å². The molecule has 0 aliphatic carbocycles. The van der Waals surface area contributed by atoms with Gasteiger partial charge in [0.1, 0.15) is 6.04 Å². The van der Waals surface area contributed by atoms with Crippen LogP contribution in [0.3, 0.4) is 0 Å². The molecule has 0 amide bonds. The maximum Gasteiger partial charge on any atom is 0.321 e. The van der Waals surface area contributed by atoms with E-state index >= 15 is 0 Å². The van der Waals surface area contributed by atoms with Gasteiger partial charge in [-0.25, -0.2) is 0 Å². The monoisotopic (exact) mass is 217 g/mol. The molecule has 1 unspecified atom stereocenters. The van der Waals surface area contributed by atoms with E-state index in [4.69, 9.17) is 15.6 Å². The van der Waals surface area contributed by atoms with Crippen molar-refractivity contribution in [3.63, 3.8) is 0 Å². The van der Waals surface area contributed by atoms with E-state index in [0.29, 0.717) is 6.61 Å². The lowest BCUT2D eigenvalue weighted by Gasteiger charge is -2.26. The summed E-state index contributed by atoms with van der Waals surface area (Å²) in [6.45, 7) is 5.23. The van der Waals surface area contributed by atoms with E-state index in [1.54, 1.807) is 0 Å². The molecule has 3 N–H and O–H groups in total. The minimum Gasteiger partial charge on any atom is -0.480 e. The average Bonchev–Trinajstić information content (AvgIpc) is 2.16. The first-order chi connectivity index (χ1) is 6.84. The molecule has 88 valence electrons. The topological polar surface area (TPSA) is 89.6 Å².